The second-order valence-electron chi connectivity index (χ2n) is 4.38. The lowest BCUT2D eigenvalue weighted by atomic mass is 10.3. The molecule has 1 saturated heterocycles. The van der Waals surface area contributed by atoms with Crippen LogP contribution in [-0.4, -0.2) is 43.9 Å². The normalized spacial score (nSPS) is 20.2. The number of carbonyl (C=O) groups excluding carboxylic acids is 1. The Balaban J connectivity index is 2.71. The topological polar surface area (TPSA) is 23.6 Å². The Morgan fingerprint density at radius 2 is 1.83 bits per heavy atom. The Hall–Kier alpha value is -0.513. The van der Waals surface area contributed by atoms with Crippen LogP contribution in [0.4, 0.5) is 4.79 Å². The van der Waals surface area contributed by atoms with Crippen LogP contribution in [0.25, 0.3) is 0 Å². The summed E-state index contributed by atoms with van der Waals surface area (Å²) in [6, 6.07) is 0.223. The summed E-state index contributed by atoms with van der Waals surface area (Å²) in [7, 11) is 0.464. The average molecular weight is 186 g/mol. The van der Waals surface area contributed by atoms with Gasteiger partial charge in [-0.05, 0) is 6.42 Å². The quantitative estimate of drug-likeness (QED) is 0.570. The molecule has 2 amide bonds. The van der Waals surface area contributed by atoms with Gasteiger partial charge in [0.1, 0.15) is 0 Å². The summed E-state index contributed by atoms with van der Waals surface area (Å²) >= 11 is 0. The van der Waals surface area contributed by atoms with Crippen LogP contribution in [0, 0.1) is 0 Å². The first-order valence-corrected chi connectivity index (χ1v) is 7.90. The van der Waals surface area contributed by atoms with Crippen molar-refractivity contribution in [1.29, 1.82) is 0 Å². The first-order valence-electron chi connectivity index (χ1n) is 4.45. The summed E-state index contributed by atoms with van der Waals surface area (Å²) in [5.74, 6) is 0. The lowest BCUT2D eigenvalue weighted by Gasteiger charge is -2.40. The van der Waals surface area contributed by atoms with Crippen LogP contribution in [-0.2, 0) is 0 Å². The van der Waals surface area contributed by atoms with Crippen LogP contribution in [0.2, 0.25) is 19.6 Å². The summed E-state index contributed by atoms with van der Waals surface area (Å²) in [6.45, 7) is 8.51. The van der Waals surface area contributed by atoms with E-state index in [2.05, 4.69) is 24.2 Å². The van der Waals surface area contributed by atoms with Crippen molar-refractivity contribution in [3.05, 3.63) is 0 Å². The second kappa shape index (κ2) is 3.09. The van der Waals surface area contributed by atoms with Crippen molar-refractivity contribution in [3.63, 3.8) is 0 Å². The van der Waals surface area contributed by atoms with Crippen LogP contribution in [0.3, 0.4) is 0 Å². The van der Waals surface area contributed by atoms with Crippen LogP contribution < -0.4 is 0 Å². The molecule has 0 saturated carbocycles. The zero-order chi connectivity index (χ0) is 9.35. The Labute approximate surface area is 75.4 Å². The summed E-state index contributed by atoms with van der Waals surface area (Å²) in [4.78, 5) is 13.5. The Kier molecular flexibility index (Phi) is 2.46. The average Bonchev–Trinajstić information content (AvgIpc) is 1.92. The molecule has 70 valence electrons. The van der Waals surface area contributed by atoms with Crippen molar-refractivity contribution in [1.82, 2.24) is 9.47 Å². The molecule has 0 atom stereocenters. The monoisotopic (exact) mass is 186 g/mol. The van der Waals surface area contributed by atoms with Crippen molar-refractivity contribution in [2.75, 3.05) is 20.1 Å². The van der Waals surface area contributed by atoms with Crippen molar-refractivity contribution >= 4 is 14.3 Å². The van der Waals surface area contributed by atoms with E-state index in [-0.39, 0.29) is 6.03 Å². The summed E-state index contributed by atoms with van der Waals surface area (Å²) in [6.07, 6.45) is 1.12. The minimum atomic E-state index is -1.42. The molecule has 3 nitrogen and oxygen atoms in total. The molecular weight excluding hydrogens is 168 g/mol. The molecule has 0 aromatic heterocycles. The van der Waals surface area contributed by atoms with Gasteiger partial charge >= 0.3 is 6.03 Å². The van der Waals surface area contributed by atoms with Gasteiger partial charge in [0.15, 0.2) is 8.24 Å². The molecule has 1 fully saturated rings. The molecule has 0 bridgehead atoms. The van der Waals surface area contributed by atoms with E-state index in [9.17, 15) is 4.79 Å². The maximum Gasteiger partial charge on any atom is 0.311 e. The van der Waals surface area contributed by atoms with Crippen LogP contribution in [0.1, 0.15) is 6.42 Å². The largest absolute Gasteiger partial charge is 0.352 e. The molecule has 0 aliphatic carbocycles. The van der Waals surface area contributed by atoms with Crippen molar-refractivity contribution in [2.24, 2.45) is 0 Å². The molecule has 0 radical (unpaired) electrons. The minimum absolute atomic E-state index is 0.223. The number of carbonyl (C=O) groups is 1. The molecule has 1 heterocycles. The molecule has 0 aromatic carbocycles. The van der Waals surface area contributed by atoms with E-state index in [0.717, 1.165) is 19.5 Å². The molecule has 0 spiro atoms. The SMILES string of the molecule is CN1CCCN([Si](C)(C)C)C1=O. The first kappa shape index (κ1) is 9.57. The van der Waals surface area contributed by atoms with Crippen molar-refractivity contribution in [2.45, 2.75) is 26.1 Å². The molecule has 0 aromatic rings. The van der Waals surface area contributed by atoms with Gasteiger partial charge < -0.3 is 9.47 Å². The van der Waals surface area contributed by atoms with Crippen LogP contribution >= 0.6 is 0 Å². The van der Waals surface area contributed by atoms with Gasteiger partial charge in [-0.1, -0.05) is 19.6 Å². The molecule has 1 aliphatic rings. The molecule has 12 heavy (non-hydrogen) atoms. The fraction of sp³-hybridized carbons (Fsp3) is 0.875. The van der Waals surface area contributed by atoms with Gasteiger partial charge in [0.2, 0.25) is 0 Å². The van der Waals surface area contributed by atoms with Gasteiger partial charge in [0.25, 0.3) is 0 Å². The first-order chi connectivity index (χ1) is 5.43. The van der Waals surface area contributed by atoms with Crippen LogP contribution in [0.5, 0.6) is 0 Å². The maximum atomic E-state index is 11.7. The van der Waals surface area contributed by atoms with E-state index in [1.807, 2.05) is 11.9 Å². The van der Waals surface area contributed by atoms with Crippen molar-refractivity contribution < 1.29 is 4.79 Å². The van der Waals surface area contributed by atoms with E-state index in [4.69, 9.17) is 0 Å². The molecule has 4 heteroatoms. The zero-order valence-electron chi connectivity index (χ0n) is 8.42. The number of amides is 2. The highest BCUT2D eigenvalue weighted by atomic mass is 28.3. The van der Waals surface area contributed by atoms with E-state index in [1.165, 1.54) is 0 Å². The van der Waals surface area contributed by atoms with Crippen molar-refractivity contribution in [3.8, 4) is 0 Å². The summed E-state index contributed by atoms with van der Waals surface area (Å²) in [5, 5.41) is 0. The van der Waals surface area contributed by atoms with Gasteiger partial charge in [-0.3, -0.25) is 0 Å². The minimum Gasteiger partial charge on any atom is -0.352 e. The number of rotatable bonds is 1. The van der Waals surface area contributed by atoms with E-state index in [0.29, 0.717) is 0 Å². The number of hydrogen-bond acceptors (Lipinski definition) is 1. The number of urea groups is 1. The van der Waals surface area contributed by atoms with Gasteiger partial charge in [-0.25, -0.2) is 4.79 Å². The van der Waals surface area contributed by atoms with E-state index in [1.54, 1.807) is 0 Å². The number of nitrogens with zero attached hydrogens (tertiary/aromatic N) is 2. The molecular formula is C8H18N2OSi. The predicted molar refractivity (Wildman–Crippen MR) is 52.7 cm³/mol. The highest BCUT2D eigenvalue weighted by molar-refractivity contribution is 6.75. The lowest BCUT2D eigenvalue weighted by molar-refractivity contribution is 0.169. The third kappa shape index (κ3) is 1.80. The predicted octanol–water partition coefficient (Wildman–Crippen LogP) is 1.58. The third-order valence-electron chi connectivity index (χ3n) is 2.24. The molecule has 0 N–H and O–H groups in total. The Bertz CT molecular complexity index is 188. The third-order valence-corrected chi connectivity index (χ3v) is 4.28. The standard InChI is InChI=1S/C8H18N2OSi/c1-9-6-5-7-10(8(9)11)12(2,3)4/h5-7H2,1-4H3. The Morgan fingerprint density at radius 1 is 1.25 bits per heavy atom. The highest BCUT2D eigenvalue weighted by Gasteiger charge is 2.32. The molecule has 1 aliphatic heterocycles. The van der Waals surface area contributed by atoms with Gasteiger partial charge in [0, 0.05) is 20.1 Å². The van der Waals surface area contributed by atoms with Gasteiger partial charge in [-0.2, -0.15) is 0 Å². The maximum absolute atomic E-state index is 11.7. The molecule has 0 unspecified atom stereocenters. The number of hydrogen-bond donors (Lipinski definition) is 0. The van der Waals surface area contributed by atoms with Gasteiger partial charge in [0.05, 0.1) is 0 Å². The van der Waals surface area contributed by atoms with Crippen LogP contribution in [0.15, 0.2) is 0 Å². The summed E-state index contributed by atoms with van der Waals surface area (Å²) in [5.41, 5.74) is 0. The lowest BCUT2D eigenvalue weighted by Crippen LogP contribution is -2.57. The summed E-state index contributed by atoms with van der Waals surface area (Å²) < 4.78 is 2.07. The fourth-order valence-corrected chi connectivity index (χ4v) is 3.06. The smallest absolute Gasteiger partial charge is 0.311 e. The van der Waals surface area contributed by atoms with Gasteiger partial charge in [-0.15, -0.1) is 0 Å². The van der Waals surface area contributed by atoms with E-state index < -0.39 is 8.24 Å². The zero-order valence-corrected chi connectivity index (χ0v) is 9.42. The highest BCUT2D eigenvalue weighted by Crippen LogP contribution is 2.16. The molecule has 1 rings (SSSR count). The fourth-order valence-electron chi connectivity index (χ4n) is 1.49. The second-order valence-corrected chi connectivity index (χ2v) is 9.26. The Morgan fingerprint density at radius 3 is 2.25 bits per heavy atom. The van der Waals surface area contributed by atoms with E-state index >= 15 is 0 Å².